The Labute approximate surface area is 119 Å². The molecule has 0 bridgehead atoms. The molecule has 0 saturated heterocycles. The minimum Gasteiger partial charge on any atom is -0.459 e. The summed E-state index contributed by atoms with van der Waals surface area (Å²) in [6, 6.07) is 2.73. The molecule has 0 amide bonds. The van der Waals surface area contributed by atoms with Crippen molar-refractivity contribution >= 4 is 31.4 Å². The molecule has 7 nitrogen and oxygen atoms in total. The first-order chi connectivity index (χ1) is 9.27. The number of nitro benzene ring substituents is 1. The third-order valence-electron chi connectivity index (χ3n) is 2.95. The summed E-state index contributed by atoms with van der Waals surface area (Å²) in [5.74, 6) is -0.792. The minimum atomic E-state index is -4.17. The molecule has 1 aromatic rings. The summed E-state index contributed by atoms with van der Waals surface area (Å²) in [5.41, 5.74) is -0.738. The maximum Gasteiger partial charge on any atom is 0.338 e. The Kier molecular flexibility index (Phi) is 3.96. The molecule has 1 aliphatic carbocycles. The maximum atomic E-state index is 11.8. The molecular formula is C11H10ClNO6S. The third kappa shape index (κ3) is 3.26. The van der Waals surface area contributed by atoms with E-state index in [-0.39, 0.29) is 11.7 Å². The molecule has 1 saturated carbocycles. The number of hydrogen-bond acceptors (Lipinski definition) is 6. The van der Waals surface area contributed by atoms with E-state index >= 15 is 0 Å². The van der Waals surface area contributed by atoms with Gasteiger partial charge in [-0.05, 0) is 25.3 Å². The van der Waals surface area contributed by atoms with Gasteiger partial charge in [-0.1, -0.05) is 0 Å². The zero-order chi connectivity index (χ0) is 14.9. The van der Waals surface area contributed by atoms with Crippen LogP contribution < -0.4 is 0 Å². The minimum absolute atomic E-state index is 0.203. The number of rotatable bonds is 4. The van der Waals surface area contributed by atoms with Crippen molar-refractivity contribution in [1.29, 1.82) is 0 Å². The van der Waals surface area contributed by atoms with Gasteiger partial charge in [-0.25, -0.2) is 13.2 Å². The van der Waals surface area contributed by atoms with Crippen molar-refractivity contribution in [3.8, 4) is 0 Å². The van der Waals surface area contributed by atoms with E-state index in [1.807, 2.05) is 0 Å². The zero-order valence-electron chi connectivity index (χ0n) is 10.1. The van der Waals surface area contributed by atoms with Gasteiger partial charge in [-0.3, -0.25) is 10.1 Å². The fourth-order valence-corrected chi connectivity index (χ4v) is 2.45. The van der Waals surface area contributed by atoms with Crippen molar-refractivity contribution in [2.45, 2.75) is 30.3 Å². The summed E-state index contributed by atoms with van der Waals surface area (Å²) in [7, 11) is 0.979. The number of nitro groups is 1. The molecule has 108 valence electrons. The summed E-state index contributed by atoms with van der Waals surface area (Å²) in [6.45, 7) is 0. The van der Waals surface area contributed by atoms with E-state index < -0.39 is 30.5 Å². The van der Waals surface area contributed by atoms with Gasteiger partial charge in [0.05, 0.1) is 15.4 Å². The molecule has 1 aromatic carbocycles. The molecule has 0 aliphatic heterocycles. The van der Waals surface area contributed by atoms with Crippen molar-refractivity contribution in [2.24, 2.45) is 0 Å². The number of non-ortho nitro benzene ring substituents is 1. The van der Waals surface area contributed by atoms with E-state index in [9.17, 15) is 23.3 Å². The first kappa shape index (κ1) is 14.7. The molecule has 1 fully saturated rings. The highest BCUT2D eigenvalue weighted by Gasteiger charge is 2.25. The molecule has 0 heterocycles. The summed E-state index contributed by atoms with van der Waals surface area (Å²) in [4.78, 5) is 21.3. The second-order valence-corrected chi connectivity index (χ2v) is 6.93. The number of hydrogen-bond donors (Lipinski definition) is 0. The van der Waals surface area contributed by atoms with Crippen LogP contribution in [0.15, 0.2) is 23.1 Å². The van der Waals surface area contributed by atoms with Gasteiger partial charge < -0.3 is 4.74 Å². The van der Waals surface area contributed by atoms with Crippen LogP contribution in [0.1, 0.15) is 29.6 Å². The highest BCUT2D eigenvalue weighted by molar-refractivity contribution is 8.13. The number of benzene rings is 1. The molecule has 0 atom stereocenters. The lowest BCUT2D eigenvalue weighted by molar-refractivity contribution is -0.385. The van der Waals surface area contributed by atoms with Crippen LogP contribution in [0.5, 0.6) is 0 Å². The molecule has 0 spiro atoms. The lowest BCUT2D eigenvalue weighted by atomic mass is 9.96. The number of ether oxygens (including phenoxy) is 1. The Balaban J connectivity index is 2.38. The molecule has 20 heavy (non-hydrogen) atoms. The van der Waals surface area contributed by atoms with Crippen LogP contribution in [-0.2, 0) is 13.8 Å². The lowest BCUT2D eigenvalue weighted by Crippen LogP contribution is -2.25. The summed E-state index contributed by atoms with van der Waals surface area (Å²) in [6.07, 6.45) is 2.22. The average molecular weight is 320 g/mol. The molecule has 0 unspecified atom stereocenters. The Morgan fingerprint density at radius 1 is 1.35 bits per heavy atom. The highest BCUT2D eigenvalue weighted by Crippen LogP contribution is 2.26. The van der Waals surface area contributed by atoms with Gasteiger partial charge in [0.1, 0.15) is 6.10 Å². The van der Waals surface area contributed by atoms with Crippen molar-refractivity contribution in [3.05, 3.63) is 33.9 Å². The highest BCUT2D eigenvalue weighted by atomic mass is 35.7. The second-order valence-electron chi connectivity index (χ2n) is 4.37. The standard InChI is InChI=1S/C11H10ClNO6S/c12-20(17,18)10-5-7(4-8(6-10)13(15)16)11(14)19-9-2-1-3-9/h4-6,9H,1-3H2. The molecule has 0 N–H and O–H groups in total. The van der Waals surface area contributed by atoms with Crippen molar-refractivity contribution in [1.82, 2.24) is 0 Å². The molecule has 1 aliphatic rings. The van der Waals surface area contributed by atoms with Crippen molar-refractivity contribution in [2.75, 3.05) is 0 Å². The SMILES string of the molecule is O=C(OC1CCC1)c1cc([N+](=O)[O-])cc(S(=O)(=O)Cl)c1. The molecular weight excluding hydrogens is 310 g/mol. The van der Waals surface area contributed by atoms with E-state index in [0.29, 0.717) is 0 Å². The maximum absolute atomic E-state index is 11.8. The molecule has 9 heteroatoms. The number of esters is 1. The van der Waals surface area contributed by atoms with Crippen LogP contribution in [0.25, 0.3) is 0 Å². The fourth-order valence-electron chi connectivity index (χ4n) is 1.66. The van der Waals surface area contributed by atoms with Crippen LogP contribution >= 0.6 is 10.7 Å². The number of nitrogens with zero attached hydrogens (tertiary/aromatic N) is 1. The van der Waals surface area contributed by atoms with Gasteiger partial charge in [0.2, 0.25) is 0 Å². The molecule has 0 radical (unpaired) electrons. The van der Waals surface area contributed by atoms with Gasteiger partial charge >= 0.3 is 5.97 Å². The van der Waals surface area contributed by atoms with Gasteiger partial charge in [0.25, 0.3) is 14.7 Å². The molecule has 0 aromatic heterocycles. The number of carbonyl (C=O) groups excluding carboxylic acids is 1. The average Bonchev–Trinajstić information content (AvgIpc) is 2.31. The van der Waals surface area contributed by atoms with Crippen LogP contribution in [0.3, 0.4) is 0 Å². The van der Waals surface area contributed by atoms with E-state index in [2.05, 4.69) is 0 Å². The Hall–Kier alpha value is -1.67. The van der Waals surface area contributed by atoms with Crippen LogP contribution in [0.4, 0.5) is 5.69 Å². The molecule has 2 rings (SSSR count). The van der Waals surface area contributed by atoms with Gasteiger partial charge in [0.15, 0.2) is 0 Å². The van der Waals surface area contributed by atoms with E-state index in [1.165, 1.54) is 0 Å². The second kappa shape index (κ2) is 5.37. The Bertz CT molecular complexity index is 667. The third-order valence-corrected chi connectivity index (χ3v) is 4.28. The summed E-state index contributed by atoms with van der Waals surface area (Å²) < 4.78 is 27.6. The normalized spacial score (nSPS) is 15.4. The number of carbonyl (C=O) groups is 1. The predicted molar refractivity (Wildman–Crippen MR) is 69.2 cm³/mol. The Morgan fingerprint density at radius 3 is 2.45 bits per heavy atom. The summed E-state index contributed by atoms with van der Waals surface area (Å²) in [5, 5.41) is 10.8. The van der Waals surface area contributed by atoms with Crippen molar-refractivity contribution in [3.63, 3.8) is 0 Å². The van der Waals surface area contributed by atoms with E-state index in [1.54, 1.807) is 0 Å². The van der Waals surface area contributed by atoms with Gasteiger partial charge in [-0.15, -0.1) is 0 Å². The summed E-state index contributed by atoms with van der Waals surface area (Å²) >= 11 is 0. The monoisotopic (exact) mass is 319 g/mol. The van der Waals surface area contributed by atoms with Crippen LogP contribution in [0, 0.1) is 10.1 Å². The van der Waals surface area contributed by atoms with Crippen molar-refractivity contribution < 1.29 is 22.9 Å². The topological polar surface area (TPSA) is 104 Å². The number of halogens is 1. The van der Waals surface area contributed by atoms with E-state index in [0.717, 1.165) is 37.5 Å². The quantitative estimate of drug-likeness (QED) is 0.365. The van der Waals surface area contributed by atoms with Crippen LogP contribution in [-0.4, -0.2) is 25.4 Å². The van der Waals surface area contributed by atoms with Gasteiger partial charge in [-0.2, -0.15) is 0 Å². The zero-order valence-corrected chi connectivity index (χ0v) is 11.7. The first-order valence-corrected chi connectivity index (χ1v) is 8.03. The Morgan fingerprint density at radius 2 is 2.00 bits per heavy atom. The lowest BCUT2D eigenvalue weighted by Gasteiger charge is -2.25. The smallest absolute Gasteiger partial charge is 0.338 e. The fraction of sp³-hybridized carbons (Fsp3) is 0.364. The largest absolute Gasteiger partial charge is 0.459 e. The van der Waals surface area contributed by atoms with Gasteiger partial charge in [0, 0.05) is 22.8 Å². The first-order valence-electron chi connectivity index (χ1n) is 5.72. The van der Waals surface area contributed by atoms with E-state index in [4.69, 9.17) is 15.4 Å². The van der Waals surface area contributed by atoms with Crippen LogP contribution in [0.2, 0.25) is 0 Å². The predicted octanol–water partition coefficient (Wildman–Crippen LogP) is 2.23.